The van der Waals surface area contributed by atoms with Gasteiger partial charge in [0.15, 0.2) is 0 Å². The molecule has 0 saturated carbocycles. The van der Waals surface area contributed by atoms with Crippen molar-refractivity contribution in [3.05, 3.63) is 63.9 Å². The Labute approximate surface area is 120 Å². The molecular formula is C15H9ClFN3. The van der Waals surface area contributed by atoms with Crippen LogP contribution in [0.5, 0.6) is 0 Å². The van der Waals surface area contributed by atoms with Gasteiger partial charge in [0.05, 0.1) is 22.2 Å². The minimum atomic E-state index is -0.390. The molecule has 0 aliphatic heterocycles. The molecular weight excluding hydrogens is 277 g/mol. The highest BCUT2D eigenvalue weighted by Crippen LogP contribution is 2.21. The average Bonchev–Trinajstić information content (AvgIpc) is 2.45. The van der Waals surface area contributed by atoms with E-state index in [1.165, 1.54) is 18.2 Å². The molecule has 0 aliphatic rings. The van der Waals surface area contributed by atoms with Crippen LogP contribution in [0.15, 0.2) is 36.4 Å². The monoisotopic (exact) mass is 285 g/mol. The van der Waals surface area contributed by atoms with Crippen LogP contribution < -0.4 is 5.32 Å². The maximum atomic E-state index is 13.2. The molecule has 1 N–H and O–H groups in total. The summed E-state index contributed by atoms with van der Waals surface area (Å²) in [6, 6.07) is 12.9. The Morgan fingerprint density at radius 1 is 1.05 bits per heavy atom. The summed E-state index contributed by atoms with van der Waals surface area (Å²) in [4.78, 5) is 0. The van der Waals surface area contributed by atoms with Crippen LogP contribution in [-0.4, -0.2) is 0 Å². The van der Waals surface area contributed by atoms with E-state index in [1.54, 1.807) is 18.2 Å². The van der Waals surface area contributed by atoms with Crippen LogP contribution in [0.25, 0.3) is 0 Å². The lowest BCUT2D eigenvalue weighted by Gasteiger charge is -2.09. The SMILES string of the molecule is N#Cc1ccc(NCc2cc(F)ccc2C#N)cc1Cl. The molecule has 0 saturated heterocycles. The predicted octanol–water partition coefficient (Wildman–Crippen LogP) is 3.83. The molecule has 2 aromatic carbocycles. The predicted molar refractivity (Wildman–Crippen MR) is 74.6 cm³/mol. The van der Waals surface area contributed by atoms with Gasteiger partial charge in [0.1, 0.15) is 11.9 Å². The van der Waals surface area contributed by atoms with Gasteiger partial charge in [-0.3, -0.25) is 0 Å². The van der Waals surface area contributed by atoms with Crippen molar-refractivity contribution in [3.63, 3.8) is 0 Å². The Kier molecular flexibility index (Phi) is 4.20. The smallest absolute Gasteiger partial charge is 0.123 e. The molecule has 20 heavy (non-hydrogen) atoms. The zero-order valence-corrected chi connectivity index (χ0v) is 11.1. The lowest BCUT2D eigenvalue weighted by Crippen LogP contribution is -2.02. The average molecular weight is 286 g/mol. The van der Waals surface area contributed by atoms with E-state index < -0.39 is 5.82 Å². The van der Waals surface area contributed by atoms with Gasteiger partial charge in [0, 0.05) is 12.2 Å². The number of nitriles is 2. The number of anilines is 1. The van der Waals surface area contributed by atoms with E-state index >= 15 is 0 Å². The zero-order valence-electron chi connectivity index (χ0n) is 10.3. The normalized spacial score (nSPS) is 9.60. The molecule has 0 bridgehead atoms. The maximum absolute atomic E-state index is 13.2. The number of benzene rings is 2. The Morgan fingerprint density at radius 3 is 2.40 bits per heavy atom. The fourth-order valence-corrected chi connectivity index (χ4v) is 1.95. The summed E-state index contributed by atoms with van der Waals surface area (Å²) in [5.41, 5.74) is 2.06. The van der Waals surface area contributed by atoms with E-state index in [0.29, 0.717) is 33.9 Å². The van der Waals surface area contributed by atoms with Crippen molar-refractivity contribution < 1.29 is 4.39 Å². The first-order valence-electron chi connectivity index (χ1n) is 5.76. The first-order chi connectivity index (χ1) is 9.63. The summed E-state index contributed by atoms with van der Waals surface area (Å²) in [5.74, 6) is -0.390. The molecule has 0 atom stereocenters. The topological polar surface area (TPSA) is 59.6 Å². The van der Waals surface area contributed by atoms with Crippen molar-refractivity contribution in [2.75, 3.05) is 5.32 Å². The van der Waals surface area contributed by atoms with Gasteiger partial charge in [-0.2, -0.15) is 10.5 Å². The maximum Gasteiger partial charge on any atom is 0.123 e. The molecule has 0 radical (unpaired) electrons. The highest BCUT2D eigenvalue weighted by molar-refractivity contribution is 6.32. The molecule has 5 heteroatoms. The standard InChI is InChI=1S/C15H9ClFN3/c16-15-6-14(4-2-11(15)8-19)20-9-12-5-13(17)3-1-10(12)7-18/h1-6,20H,9H2. The first kappa shape index (κ1) is 13.9. The largest absolute Gasteiger partial charge is 0.381 e. The summed E-state index contributed by atoms with van der Waals surface area (Å²) >= 11 is 5.92. The van der Waals surface area contributed by atoms with Gasteiger partial charge < -0.3 is 5.32 Å². The second kappa shape index (κ2) is 6.06. The summed E-state index contributed by atoms with van der Waals surface area (Å²) < 4.78 is 13.2. The van der Waals surface area contributed by atoms with Gasteiger partial charge in [-0.1, -0.05) is 11.6 Å². The molecule has 98 valence electrons. The molecule has 2 aromatic rings. The van der Waals surface area contributed by atoms with Crippen molar-refractivity contribution in [1.82, 2.24) is 0 Å². The minimum Gasteiger partial charge on any atom is -0.381 e. The minimum absolute atomic E-state index is 0.295. The summed E-state index contributed by atoms with van der Waals surface area (Å²) in [5, 5.41) is 21.1. The van der Waals surface area contributed by atoms with Crippen LogP contribution in [-0.2, 0) is 6.54 Å². The van der Waals surface area contributed by atoms with Crippen LogP contribution in [0.3, 0.4) is 0 Å². The highest BCUT2D eigenvalue weighted by Gasteiger charge is 2.05. The summed E-state index contributed by atoms with van der Waals surface area (Å²) in [7, 11) is 0. The molecule has 0 unspecified atom stereocenters. The first-order valence-corrected chi connectivity index (χ1v) is 6.14. The van der Waals surface area contributed by atoms with Crippen molar-refractivity contribution in [1.29, 1.82) is 10.5 Å². The van der Waals surface area contributed by atoms with Gasteiger partial charge in [-0.25, -0.2) is 4.39 Å². The molecule has 0 amide bonds. The number of halogens is 2. The van der Waals surface area contributed by atoms with Gasteiger partial charge in [-0.15, -0.1) is 0 Å². The van der Waals surface area contributed by atoms with Crippen LogP contribution in [0, 0.1) is 28.5 Å². The molecule has 0 fully saturated rings. The van der Waals surface area contributed by atoms with Gasteiger partial charge in [0.25, 0.3) is 0 Å². The molecule has 3 nitrogen and oxygen atoms in total. The second-order valence-corrected chi connectivity index (χ2v) is 4.48. The fourth-order valence-electron chi connectivity index (χ4n) is 1.73. The number of hydrogen-bond acceptors (Lipinski definition) is 3. The lowest BCUT2D eigenvalue weighted by molar-refractivity contribution is 0.625. The van der Waals surface area contributed by atoms with Crippen LogP contribution in [0.2, 0.25) is 5.02 Å². The van der Waals surface area contributed by atoms with Gasteiger partial charge >= 0.3 is 0 Å². The molecule has 0 aliphatic carbocycles. The fraction of sp³-hybridized carbons (Fsp3) is 0.0667. The van der Waals surface area contributed by atoms with Crippen LogP contribution in [0.4, 0.5) is 10.1 Å². The van der Waals surface area contributed by atoms with E-state index in [-0.39, 0.29) is 0 Å². The molecule has 0 heterocycles. The molecule has 2 rings (SSSR count). The van der Waals surface area contributed by atoms with E-state index in [2.05, 4.69) is 5.32 Å². The van der Waals surface area contributed by atoms with Crippen molar-refractivity contribution in [2.45, 2.75) is 6.54 Å². The Morgan fingerprint density at radius 2 is 1.75 bits per heavy atom. The van der Waals surface area contributed by atoms with Crippen molar-refractivity contribution in [2.24, 2.45) is 0 Å². The van der Waals surface area contributed by atoms with Crippen LogP contribution >= 0.6 is 11.6 Å². The van der Waals surface area contributed by atoms with E-state index in [1.807, 2.05) is 12.1 Å². The highest BCUT2D eigenvalue weighted by atomic mass is 35.5. The third kappa shape index (κ3) is 3.06. The van der Waals surface area contributed by atoms with Gasteiger partial charge in [0.2, 0.25) is 0 Å². The van der Waals surface area contributed by atoms with Crippen molar-refractivity contribution >= 4 is 17.3 Å². The Balaban J connectivity index is 2.17. The second-order valence-electron chi connectivity index (χ2n) is 4.07. The third-order valence-corrected chi connectivity index (χ3v) is 3.07. The lowest BCUT2D eigenvalue weighted by atomic mass is 10.1. The molecule has 0 spiro atoms. The number of nitrogens with zero attached hydrogens (tertiary/aromatic N) is 2. The van der Waals surface area contributed by atoms with Crippen LogP contribution in [0.1, 0.15) is 16.7 Å². The van der Waals surface area contributed by atoms with E-state index in [4.69, 9.17) is 22.1 Å². The number of nitrogens with one attached hydrogen (secondary N) is 1. The Hall–Kier alpha value is -2.56. The zero-order chi connectivity index (χ0) is 14.5. The van der Waals surface area contributed by atoms with E-state index in [9.17, 15) is 4.39 Å². The number of hydrogen-bond donors (Lipinski definition) is 1. The van der Waals surface area contributed by atoms with Crippen molar-refractivity contribution in [3.8, 4) is 12.1 Å². The number of rotatable bonds is 3. The quantitative estimate of drug-likeness (QED) is 0.932. The Bertz CT molecular complexity index is 729. The third-order valence-electron chi connectivity index (χ3n) is 2.76. The van der Waals surface area contributed by atoms with E-state index in [0.717, 1.165) is 0 Å². The molecule has 0 aromatic heterocycles. The summed E-state index contributed by atoms with van der Waals surface area (Å²) in [6.07, 6.45) is 0. The van der Waals surface area contributed by atoms with Gasteiger partial charge in [-0.05, 0) is 42.0 Å². The summed E-state index contributed by atoms with van der Waals surface area (Å²) in [6.45, 7) is 0.295.